The number of aliphatic hydroxyl groups is 1. The van der Waals surface area contributed by atoms with Crippen LogP contribution < -0.4 is 4.90 Å². The molecular weight excluding hydrogens is 306 g/mol. The highest BCUT2D eigenvalue weighted by atomic mass is 32.2. The van der Waals surface area contributed by atoms with Gasteiger partial charge in [-0.3, -0.25) is 4.79 Å². The number of hydrogen-bond acceptors (Lipinski definition) is 3. The van der Waals surface area contributed by atoms with Crippen molar-refractivity contribution in [3.8, 4) is 0 Å². The second-order valence-electron chi connectivity index (χ2n) is 5.80. The number of nitrogens with zero attached hydrogens (tertiary/aromatic N) is 1. The van der Waals surface area contributed by atoms with Crippen LogP contribution in [0.25, 0.3) is 0 Å². The fourth-order valence-corrected chi connectivity index (χ4v) is 3.72. The van der Waals surface area contributed by atoms with Crippen LogP contribution >= 0.6 is 11.8 Å². The predicted octanol–water partition coefficient (Wildman–Crippen LogP) is 3.39. The molecule has 1 atom stereocenters. The number of rotatable bonds is 5. The first-order chi connectivity index (χ1) is 11.2. The quantitative estimate of drug-likeness (QED) is 0.915. The van der Waals surface area contributed by atoms with E-state index in [1.54, 1.807) is 11.8 Å². The molecule has 4 heteroatoms. The summed E-state index contributed by atoms with van der Waals surface area (Å²) in [6, 6.07) is 16.0. The second-order valence-corrected chi connectivity index (χ2v) is 7.13. The average molecular weight is 327 g/mol. The molecule has 1 unspecified atom stereocenters. The van der Waals surface area contributed by atoms with Crippen molar-refractivity contribution in [3.05, 3.63) is 65.2 Å². The van der Waals surface area contributed by atoms with Crippen LogP contribution in [0.2, 0.25) is 0 Å². The first-order valence-corrected chi connectivity index (χ1v) is 8.93. The summed E-state index contributed by atoms with van der Waals surface area (Å²) < 4.78 is 0. The van der Waals surface area contributed by atoms with Crippen molar-refractivity contribution in [2.45, 2.75) is 31.0 Å². The van der Waals surface area contributed by atoms with Crippen LogP contribution in [0.1, 0.15) is 23.6 Å². The third kappa shape index (κ3) is 3.59. The number of thioether (sulfide) groups is 1. The summed E-state index contributed by atoms with van der Waals surface area (Å²) in [5.74, 6) is 0.987. The molecule has 1 N–H and O–H groups in total. The molecule has 1 aliphatic rings. The Hall–Kier alpha value is -1.78. The van der Waals surface area contributed by atoms with Crippen molar-refractivity contribution in [1.82, 2.24) is 0 Å². The van der Waals surface area contributed by atoms with Gasteiger partial charge in [0.25, 0.3) is 0 Å². The summed E-state index contributed by atoms with van der Waals surface area (Å²) in [6.07, 6.45) is 0.946. The van der Waals surface area contributed by atoms with E-state index < -0.39 is 0 Å². The van der Waals surface area contributed by atoms with Crippen molar-refractivity contribution in [3.63, 3.8) is 0 Å². The molecule has 0 saturated carbocycles. The largest absolute Gasteiger partial charge is 0.392 e. The summed E-state index contributed by atoms with van der Waals surface area (Å²) in [7, 11) is 0. The van der Waals surface area contributed by atoms with Crippen molar-refractivity contribution in [1.29, 1.82) is 0 Å². The molecule has 3 rings (SSSR count). The number of amides is 1. The Labute approximate surface area is 141 Å². The highest BCUT2D eigenvalue weighted by molar-refractivity contribution is 7.99. The smallest absolute Gasteiger partial charge is 0.239 e. The highest BCUT2D eigenvalue weighted by Gasteiger charge is 2.27. The van der Waals surface area contributed by atoms with Gasteiger partial charge in [-0.05, 0) is 36.1 Å². The number of hydrogen-bond donors (Lipinski definition) is 1. The molecule has 0 aliphatic carbocycles. The maximum absolute atomic E-state index is 12.7. The van der Waals surface area contributed by atoms with Gasteiger partial charge in [-0.2, -0.15) is 0 Å². The third-order valence-electron chi connectivity index (χ3n) is 4.21. The maximum atomic E-state index is 12.7. The molecule has 0 fully saturated rings. The molecule has 0 aromatic heterocycles. The lowest BCUT2D eigenvalue weighted by molar-refractivity contribution is -0.117. The number of carbonyl (C=O) groups excluding carboxylic acids is 1. The Morgan fingerprint density at radius 1 is 1.17 bits per heavy atom. The molecule has 0 bridgehead atoms. The molecule has 23 heavy (non-hydrogen) atoms. The van der Waals surface area contributed by atoms with Crippen LogP contribution in [0.15, 0.2) is 48.5 Å². The lowest BCUT2D eigenvalue weighted by Gasteiger charge is -2.21. The number of benzene rings is 2. The van der Waals surface area contributed by atoms with Crippen molar-refractivity contribution in [2.75, 3.05) is 11.4 Å². The Kier molecular flexibility index (Phi) is 5.03. The molecule has 1 amide bonds. The monoisotopic (exact) mass is 327 g/mol. The van der Waals surface area contributed by atoms with E-state index >= 15 is 0 Å². The van der Waals surface area contributed by atoms with Crippen molar-refractivity contribution < 1.29 is 9.90 Å². The number of fused-ring (bicyclic) bond motifs is 1. The second kappa shape index (κ2) is 7.20. The Balaban J connectivity index is 1.60. The zero-order chi connectivity index (χ0) is 16.2. The predicted molar refractivity (Wildman–Crippen MR) is 95.6 cm³/mol. The van der Waals surface area contributed by atoms with Gasteiger partial charge in [-0.1, -0.05) is 42.5 Å². The van der Waals surface area contributed by atoms with E-state index in [-0.39, 0.29) is 17.8 Å². The summed E-state index contributed by atoms with van der Waals surface area (Å²) >= 11 is 1.66. The lowest BCUT2D eigenvalue weighted by atomic mass is 10.2. The fraction of sp³-hybridized carbons (Fsp3) is 0.316. The zero-order valence-electron chi connectivity index (χ0n) is 13.2. The minimum atomic E-state index is -0.0707. The minimum absolute atomic E-state index is 0.0662. The van der Waals surface area contributed by atoms with Gasteiger partial charge in [0, 0.05) is 18.0 Å². The average Bonchev–Trinajstić information content (AvgIpc) is 3.03. The Morgan fingerprint density at radius 2 is 1.87 bits per heavy atom. The summed E-state index contributed by atoms with van der Waals surface area (Å²) in [6.45, 7) is 2.83. The molecular formula is C19H21NO2S. The highest BCUT2D eigenvalue weighted by Crippen LogP contribution is 2.30. The van der Waals surface area contributed by atoms with E-state index in [9.17, 15) is 4.79 Å². The van der Waals surface area contributed by atoms with Crippen molar-refractivity contribution in [2.24, 2.45) is 0 Å². The van der Waals surface area contributed by atoms with E-state index in [0.717, 1.165) is 30.0 Å². The van der Waals surface area contributed by atoms with E-state index in [1.807, 2.05) is 54.3 Å². The van der Waals surface area contributed by atoms with E-state index in [0.29, 0.717) is 0 Å². The molecule has 2 aromatic rings. The first-order valence-electron chi connectivity index (χ1n) is 7.88. The van der Waals surface area contributed by atoms with Gasteiger partial charge in [-0.25, -0.2) is 0 Å². The molecule has 0 spiro atoms. The standard InChI is InChI=1S/C19H21NO2S/c1-14(23-13-16-8-6-15(12-21)7-9-16)19(22)20-11-10-17-4-2-3-5-18(17)20/h2-9,14,21H,10-13H2,1H3. The van der Waals surface area contributed by atoms with Gasteiger partial charge < -0.3 is 10.0 Å². The van der Waals surface area contributed by atoms with E-state index in [1.165, 1.54) is 11.1 Å². The number of aliphatic hydroxyl groups excluding tert-OH is 1. The summed E-state index contributed by atoms with van der Waals surface area (Å²) in [5.41, 5.74) is 4.42. The molecule has 0 saturated heterocycles. The number of para-hydroxylation sites is 1. The van der Waals surface area contributed by atoms with Crippen LogP contribution in [0, 0.1) is 0 Å². The van der Waals surface area contributed by atoms with Gasteiger partial charge in [0.2, 0.25) is 5.91 Å². The van der Waals surface area contributed by atoms with Gasteiger partial charge in [0.05, 0.1) is 11.9 Å². The molecule has 0 radical (unpaired) electrons. The van der Waals surface area contributed by atoms with Crippen LogP contribution in [0.5, 0.6) is 0 Å². The maximum Gasteiger partial charge on any atom is 0.239 e. The van der Waals surface area contributed by atoms with Gasteiger partial charge >= 0.3 is 0 Å². The molecule has 1 heterocycles. The first kappa shape index (κ1) is 16.1. The van der Waals surface area contributed by atoms with Gasteiger partial charge in [0.15, 0.2) is 0 Å². The minimum Gasteiger partial charge on any atom is -0.392 e. The molecule has 1 aliphatic heterocycles. The third-order valence-corrected chi connectivity index (χ3v) is 5.41. The Bertz CT molecular complexity index is 684. The summed E-state index contributed by atoms with van der Waals surface area (Å²) in [4.78, 5) is 14.6. The van der Waals surface area contributed by atoms with E-state index in [4.69, 9.17) is 5.11 Å². The topological polar surface area (TPSA) is 40.5 Å². The molecule has 2 aromatic carbocycles. The lowest BCUT2D eigenvalue weighted by Crippen LogP contribution is -2.35. The van der Waals surface area contributed by atoms with Gasteiger partial charge in [-0.15, -0.1) is 11.8 Å². The SMILES string of the molecule is CC(SCc1ccc(CO)cc1)C(=O)N1CCc2ccccc21. The normalized spacial score (nSPS) is 14.6. The van der Waals surface area contributed by atoms with E-state index in [2.05, 4.69) is 6.07 Å². The number of carbonyl (C=O) groups is 1. The summed E-state index contributed by atoms with van der Waals surface area (Å²) in [5, 5.41) is 8.99. The van der Waals surface area contributed by atoms with Crippen molar-refractivity contribution >= 4 is 23.4 Å². The fourth-order valence-electron chi connectivity index (χ4n) is 2.82. The van der Waals surface area contributed by atoms with Crippen LogP contribution in [0.3, 0.4) is 0 Å². The number of anilines is 1. The van der Waals surface area contributed by atoms with Gasteiger partial charge in [0.1, 0.15) is 0 Å². The van der Waals surface area contributed by atoms with Crippen LogP contribution in [0.4, 0.5) is 5.69 Å². The molecule has 3 nitrogen and oxygen atoms in total. The van der Waals surface area contributed by atoms with Crippen LogP contribution in [-0.2, 0) is 23.6 Å². The van der Waals surface area contributed by atoms with Crippen LogP contribution in [-0.4, -0.2) is 22.8 Å². The Morgan fingerprint density at radius 3 is 2.61 bits per heavy atom. The molecule has 120 valence electrons. The zero-order valence-corrected chi connectivity index (χ0v) is 14.1.